The highest BCUT2D eigenvalue weighted by Gasteiger charge is 1.15. The van der Waals surface area contributed by atoms with Crippen LogP contribution in [-0.2, 0) is 0 Å². The lowest BCUT2D eigenvalue weighted by atomic mass is 10.8. The number of hydrogen-bond donors (Lipinski definition) is 0. The first-order chi connectivity index (χ1) is 2.83. The Bertz CT molecular complexity index is 25.4. The van der Waals surface area contributed by atoms with Gasteiger partial charge in [0.05, 0.1) is 0 Å². The van der Waals surface area contributed by atoms with E-state index in [9.17, 15) is 0 Å². The summed E-state index contributed by atoms with van der Waals surface area (Å²) in [4.78, 5) is 0. The molecule has 0 aliphatic rings. The second kappa shape index (κ2) is 84.3. The Balaban J connectivity index is -0.0000000160. The molecule has 0 heterocycles. The van der Waals surface area contributed by atoms with Crippen molar-refractivity contribution in [2.75, 3.05) is 0 Å². The highest BCUT2D eigenvalue weighted by molar-refractivity contribution is 5.75. The molecule has 0 amide bonds. The summed E-state index contributed by atoms with van der Waals surface area (Å²) in [5.41, 5.74) is 0. The Kier molecular flexibility index (Phi) is 271. The van der Waals surface area contributed by atoms with Gasteiger partial charge < -0.3 is 0 Å². The molecule has 0 aliphatic heterocycles. The highest BCUT2D eigenvalue weighted by atomic mass is 13.2. The van der Waals surface area contributed by atoms with Crippen LogP contribution in [0.3, 0.4) is 0 Å². The summed E-state index contributed by atoms with van der Waals surface area (Å²) in [6, 6.07) is 0. The summed E-state index contributed by atoms with van der Waals surface area (Å²) in [6.45, 7) is 10.5. The minimum atomic E-state index is 0. The molecule has 0 bridgehead atoms. The highest BCUT2D eigenvalue weighted by Crippen LogP contribution is 1.38. The summed E-state index contributed by atoms with van der Waals surface area (Å²) in [6.07, 6.45) is 3.50. The maximum absolute atomic E-state index is 3.36. The lowest BCUT2D eigenvalue weighted by molar-refractivity contribution is 1.80. The summed E-state index contributed by atoms with van der Waals surface area (Å²) in [7, 11) is 0. The quantitative estimate of drug-likeness (QED) is 0.333. The van der Waals surface area contributed by atoms with E-state index >= 15 is 0 Å². The van der Waals surface area contributed by atoms with Gasteiger partial charge in [-0.3, -0.25) is 0 Å². The lowest BCUT2D eigenvalue weighted by Gasteiger charge is -1.31. The third-order valence-electron chi connectivity index (χ3n) is 0. The maximum atomic E-state index is 3.36. The van der Waals surface area contributed by atoms with Crippen molar-refractivity contribution in [3.05, 3.63) is 25.3 Å². The average Bonchev–Trinajstić information content (AvgIpc) is 1.39. The fourth-order valence-electron chi connectivity index (χ4n) is 0. The predicted octanol–water partition coefficient (Wildman–Crippen LogP) is 2.64. The smallest absolute Gasteiger partial charge is 0 e. The summed E-state index contributed by atoms with van der Waals surface area (Å²) in [5.74, 6) is 0. The van der Waals surface area contributed by atoms with Crippen molar-refractivity contribution in [2.45, 2.75) is 21.3 Å². The van der Waals surface area contributed by atoms with Crippen molar-refractivity contribution in [3.8, 4) is 0 Å². The lowest BCUT2D eigenvalue weighted by Crippen LogP contribution is -1.07. The fourth-order valence-corrected chi connectivity index (χ4v) is 0. The molecule has 0 aromatic carbocycles. The Morgan fingerprint density at radius 3 is 1.00 bits per heavy atom. The third kappa shape index (κ3) is 553. The molecule has 0 saturated carbocycles. The van der Waals surface area contributed by atoms with E-state index in [1.165, 1.54) is 0 Å². The van der Waals surface area contributed by atoms with Crippen LogP contribution in [-0.4, -0.2) is 8.41 Å². The van der Waals surface area contributed by atoms with Crippen LogP contribution in [0, 0.1) is 0 Å². The van der Waals surface area contributed by atoms with Crippen LogP contribution >= 0.6 is 0 Å². The maximum Gasteiger partial charge on any atom is 0 e. The molecule has 1 heteroatoms. The van der Waals surface area contributed by atoms with E-state index in [0.717, 1.165) is 0 Å². The zero-order valence-electron chi connectivity index (χ0n) is 5.15. The van der Waals surface area contributed by atoms with Crippen LogP contribution < -0.4 is 0 Å². The van der Waals surface area contributed by atoms with Gasteiger partial charge in [-0.05, 0) is 13.8 Å². The van der Waals surface area contributed by atoms with E-state index in [4.69, 9.17) is 0 Å². The van der Waals surface area contributed by atoms with Crippen LogP contribution in [0.4, 0.5) is 0 Å². The summed E-state index contributed by atoms with van der Waals surface area (Å²) >= 11 is 0. The molecule has 47 valence electrons. The van der Waals surface area contributed by atoms with Crippen molar-refractivity contribution in [3.63, 3.8) is 0 Å². The van der Waals surface area contributed by atoms with Gasteiger partial charge in [-0.1, -0.05) is 19.6 Å². The Morgan fingerprint density at radius 1 is 1.00 bits per heavy atom. The number of allylic oxidation sites excluding steroid dienone is 2. The van der Waals surface area contributed by atoms with Crippen LogP contribution in [0.2, 0.25) is 0 Å². The molecule has 0 spiro atoms. The van der Waals surface area contributed by atoms with E-state index in [-0.39, 0.29) is 15.8 Å². The Labute approximate surface area is 55.9 Å². The molecule has 8 heavy (non-hydrogen) atoms. The molecule has 0 unspecified atom stereocenters. The Hall–Kier alpha value is -0.455. The molecule has 0 N–H and O–H groups in total. The third-order valence-corrected chi connectivity index (χ3v) is 0. The first-order valence-electron chi connectivity index (χ1n) is 1.97. The van der Waals surface area contributed by atoms with Crippen molar-refractivity contribution < 1.29 is 0 Å². The molecular formula is C7H16B. The molecule has 0 aromatic rings. The van der Waals surface area contributed by atoms with Gasteiger partial charge in [-0.25, -0.2) is 0 Å². The van der Waals surface area contributed by atoms with Gasteiger partial charge >= 0.3 is 0 Å². The normalized spacial score (nSPS) is 3.25. The minimum absolute atomic E-state index is 0. The number of rotatable bonds is 0. The first kappa shape index (κ1) is 25.7. The zero-order chi connectivity index (χ0) is 5.41. The van der Waals surface area contributed by atoms with Gasteiger partial charge in [-0.15, -0.1) is 13.2 Å². The van der Waals surface area contributed by atoms with Crippen molar-refractivity contribution in [2.24, 2.45) is 0 Å². The van der Waals surface area contributed by atoms with Crippen LogP contribution in [0.25, 0.3) is 0 Å². The topological polar surface area (TPSA) is 0 Å². The van der Waals surface area contributed by atoms with E-state index < -0.39 is 0 Å². The molecule has 0 fully saturated rings. The van der Waals surface area contributed by atoms with E-state index in [2.05, 4.69) is 13.2 Å². The van der Waals surface area contributed by atoms with Crippen LogP contribution in [0.15, 0.2) is 25.3 Å². The Morgan fingerprint density at radius 2 is 1.00 bits per heavy atom. The largest absolute Gasteiger partial charge is 0.103 e. The van der Waals surface area contributed by atoms with E-state index in [1.54, 1.807) is 12.2 Å². The van der Waals surface area contributed by atoms with E-state index in [0.29, 0.717) is 0 Å². The van der Waals surface area contributed by atoms with E-state index in [1.807, 2.05) is 13.8 Å². The molecule has 0 aromatic heterocycles. The molecule has 0 nitrogen and oxygen atoms in total. The van der Waals surface area contributed by atoms with Crippen LogP contribution in [0.5, 0.6) is 0 Å². The molecule has 0 rings (SSSR count). The molecule has 0 atom stereocenters. The average molecular weight is 111 g/mol. The fraction of sp³-hybridized carbons (Fsp3) is 0.429. The van der Waals surface area contributed by atoms with Crippen LogP contribution in [0.1, 0.15) is 21.3 Å². The monoisotopic (exact) mass is 111 g/mol. The first-order valence-corrected chi connectivity index (χ1v) is 1.97. The second-order valence-electron chi connectivity index (χ2n) is 0.816. The van der Waals surface area contributed by atoms with Gasteiger partial charge in [0.2, 0.25) is 0 Å². The standard InChI is InChI=1S/2C3H6.CH4.B/c2*1-3-2;;/h2*3H,1H2,2H3;1H4;. The number of hydrogen-bond acceptors (Lipinski definition) is 0. The van der Waals surface area contributed by atoms with Gasteiger partial charge in [0.25, 0.3) is 0 Å². The van der Waals surface area contributed by atoms with Gasteiger partial charge in [0, 0.05) is 8.41 Å². The molecule has 0 saturated heterocycles. The van der Waals surface area contributed by atoms with Gasteiger partial charge in [-0.2, -0.15) is 0 Å². The van der Waals surface area contributed by atoms with Crippen molar-refractivity contribution in [1.29, 1.82) is 0 Å². The minimum Gasteiger partial charge on any atom is -0.103 e. The SMILES string of the molecule is C.C=CC.C=CC.[B]. The summed E-state index contributed by atoms with van der Waals surface area (Å²) < 4.78 is 0. The van der Waals surface area contributed by atoms with Gasteiger partial charge in [0.15, 0.2) is 0 Å². The van der Waals surface area contributed by atoms with Gasteiger partial charge in [0.1, 0.15) is 0 Å². The zero-order valence-corrected chi connectivity index (χ0v) is 5.15. The van der Waals surface area contributed by atoms with Crippen molar-refractivity contribution in [1.82, 2.24) is 0 Å². The molecular weight excluding hydrogens is 94.9 g/mol. The summed E-state index contributed by atoms with van der Waals surface area (Å²) in [5, 5.41) is 0. The second-order valence-corrected chi connectivity index (χ2v) is 0.816. The predicted molar refractivity (Wildman–Crippen MR) is 44.2 cm³/mol. The molecule has 0 aliphatic carbocycles. The van der Waals surface area contributed by atoms with Crippen molar-refractivity contribution >= 4 is 8.41 Å². The molecule has 3 radical (unpaired) electrons.